The third kappa shape index (κ3) is 6.45. The number of piperidine rings is 1. The normalized spacial score (nSPS) is 15.8. The van der Waals surface area contributed by atoms with Crippen molar-refractivity contribution >= 4 is 36.6 Å². The number of nitrogens with zero attached hydrogens (tertiary/aromatic N) is 2. The summed E-state index contributed by atoms with van der Waals surface area (Å²) >= 11 is 0. The number of carbonyl (C=O) groups excluding carboxylic acids is 2. The van der Waals surface area contributed by atoms with Crippen molar-refractivity contribution in [3.8, 4) is 11.5 Å². The molecule has 2 aromatic rings. The van der Waals surface area contributed by atoms with E-state index >= 15 is 0 Å². The van der Waals surface area contributed by atoms with Crippen LogP contribution in [0.2, 0.25) is 0 Å². The number of halogens is 2. The summed E-state index contributed by atoms with van der Waals surface area (Å²) in [6.07, 6.45) is 1.79. The Morgan fingerprint density at radius 2 is 2.00 bits per heavy atom. The Bertz CT molecular complexity index is 798. The van der Waals surface area contributed by atoms with Crippen LogP contribution in [-0.4, -0.2) is 47.9 Å². The average molecular weight is 443 g/mol. The Morgan fingerprint density at radius 3 is 2.69 bits per heavy atom. The van der Waals surface area contributed by atoms with Crippen LogP contribution in [0.5, 0.6) is 0 Å². The van der Waals surface area contributed by atoms with Crippen molar-refractivity contribution in [3.05, 3.63) is 41.8 Å². The van der Waals surface area contributed by atoms with E-state index in [0.29, 0.717) is 43.5 Å². The van der Waals surface area contributed by atoms with Crippen molar-refractivity contribution in [3.63, 3.8) is 0 Å². The number of hydrogen-bond acceptors (Lipinski definition) is 5. The largest absolute Gasteiger partial charge is 0.441 e. The van der Waals surface area contributed by atoms with Gasteiger partial charge in [0.15, 0.2) is 0 Å². The van der Waals surface area contributed by atoms with Gasteiger partial charge in [-0.3, -0.25) is 9.59 Å². The predicted octanol–water partition coefficient (Wildman–Crippen LogP) is 2.35. The third-order valence-corrected chi connectivity index (χ3v) is 4.82. The molecule has 9 heteroatoms. The van der Waals surface area contributed by atoms with Gasteiger partial charge in [-0.05, 0) is 31.9 Å². The molecule has 2 heterocycles. The van der Waals surface area contributed by atoms with E-state index in [1.54, 1.807) is 4.90 Å². The minimum absolute atomic E-state index is 0. The SMILES string of the molecule is Cc1oc(-c2ccccc2)nc1CC(=O)N1CCCC(C(=O)NCCN)C1.Cl.Cl. The first-order valence-electron chi connectivity index (χ1n) is 9.35. The molecule has 1 aliphatic rings. The van der Waals surface area contributed by atoms with Crippen LogP contribution in [0.1, 0.15) is 24.3 Å². The third-order valence-electron chi connectivity index (χ3n) is 4.82. The Hall–Kier alpha value is -2.09. The van der Waals surface area contributed by atoms with Crippen molar-refractivity contribution in [2.75, 3.05) is 26.2 Å². The Morgan fingerprint density at radius 1 is 1.28 bits per heavy atom. The molecule has 1 unspecified atom stereocenters. The highest BCUT2D eigenvalue weighted by Gasteiger charge is 2.29. The van der Waals surface area contributed by atoms with Crippen LogP contribution in [0, 0.1) is 12.8 Å². The second kappa shape index (κ2) is 11.8. The second-order valence-electron chi connectivity index (χ2n) is 6.82. The van der Waals surface area contributed by atoms with Crippen LogP contribution in [-0.2, 0) is 16.0 Å². The van der Waals surface area contributed by atoms with E-state index in [2.05, 4.69) is 10.3 Å². The number of nitrogens with one attached hydrogen (secondary N) is 1. The van der Waals surface area contributed by atoms with Gasteiger partial charge < -0.3 is 20.4 Å². The van der Waals surface area contributed by atoms with Crippen LogP contribution in [0.25, 0.3) is 11.5 Å². The van der Waals surface area contributed by atoms with Gasteiger partial charge in [-0.15, -0.1) is 24.8 Å². The molecule has 3 N–H and O–H groups in total. The van der Waals surface area contributed by atoms with Crippen LogP contribution in [0.3, 0.4) is 0 Å². The number of hydrogen-bond donors (Lipinski definition) is 2. The summed E-state index contributed by atoms with van der Waals surface area (Å²) in [5, 5.41) is 2.81. The van der Waals surface area contributed by atoms with E-state index in [1.165, 1.54) is 0 Å². The molecule has 1 aliphatic heterocycles. The molecule has 1 aromatic carbocycles. The highest BCUT2D eigenvalue weighted by molar-refractivity contribution is 5.85. The number of benzene rings is 1. The van der Waals surface area contributed by atoms with E-state index in [0.717, 1.165) is 18.4 Å². The summed E-state index contributed by atoms with van der Waals surface area (Å²) in [6, 6.07) is 9.62. The van der Waals surface area contributed by atoms with Crippen molar-refractivity contribution in [1.29, 1.82) is 0 Å². The molecule has 1 atom stereocenters. The molecule has 160 valence electrons. The lowest BCUT2D eigenvalue weighted by molar-refractivity contribution is -0.135. The zero-order chi connectivity index (χ0) is 19.2. The number of aryl methyl sites for hydroxylation is 1. The molecule has 0 spiro atoms. The molecular weight excluding hydrogens is 415 g/mol. The standard InChI is InChI=1S/C20H26N4O3.2ClH/c1-14-17(23-20(27-14)15-6-3-2-4-7-15)12-18(25)24-11-5-8-16(13-24)19(26)22-10-9-21;;/h2-4,6-7,16H,5,8-13,21H2,1H3,(H,22,26);2*1H. The molecule has 3 rings (SSSR count). The van der Waals surface area contributed by atoms with Gasteiger partial charge in [0.1, 0.15) is 5.76 Å². The number of amides is 2. The van der Waals surface area contributed by atoms with Crippen molar-refractivity contribution < 1.29 is 14.0 Å². The van der Waals surface area contributed by atoms with Gasteiger partial charge in [-0.25, -0.2) is 4.98 Å². The Kier molecular flexibility index (Phi) is 10.2. The summed E-state index contributed by atoms with van der Waals surface area (Å²) in [6.45, 7) is 3.81. The van der Waals surface area contributed by atoms with Gasteiger partial charge in [-0.1, -0.05) is 18.2 Å². The summed E-state index contributed by atoms with van der Waals surface area (Å²) < 4.78 is 5.73. The fourth-order valence-electron chi connectivity index (χ4n) is 3.31. The van der Waals surface area contributed by atoms with Gasteiger partial charge in [-0.2, -0.15) is 0 Å². The van der Waals surface area contributed by atoms with Gasteiger partial charge >= 0.3 is 0 Å². The first-order chi connectivity index (χ1) is 13.1. The van der Waals surface area contributed by atoms with Crippen LogP contribution in [0.4, 0.5) is 0 Å². The Balaban J connectivity index is 0.00000210. The highest BCUT2D eigenvalue weighted by Crippen LogP contribution is 2.23. The summed E-state index contributed by atoms with van der Waals surface area (Å²) in [7, 11) is 0. The maximum atomic E-state index is 12.7. The molecule has 0 radical (unpaired) electrons. The van der Waals surface area contributed by atoms with Gasteiger partial charge in [0.05, 0.1) is 18.0 Å². The number of likely N-dealkylation sites (tertiary alicyclic amines) is 1. The molecular formula is C20H28Cl2N4O3. The lowest BCUT2D eigenvalue weighted by Gasteiger charge is -2.32. The van der Waals surface area contributed by atoms with Crippen LogP contribution in [0.15, 0.2) is 34.7 Å². The number of carbonyl (C=O) groups is 2. The quantitative estimate of drug-likeness (QED) is 0.714. The fraction of sp³-hybridized carbons (Fsp3) is 0.450. The van der Waals surface area contributed by atoms with Gasteiger partial charge in [0, 0.05) is 31.7 Å². The Labute approximate surface area is 183 Å². The zero-order valence-electron chi connectivity index (χ0n) is 16.4. The lowest BCUT2D eigenvalue weighted by Crippen LogP contribution is -2.46. The highest BCUT2D eigenvalue weighted by atomic mass is 35.5. The van der Waals surface area contributed by atoms with E-state index < -0.39 is 0 Å². The first kappa shape index (κ1) is 24.9. The van der Waals surface area contributed by atoms with E-state index in [9.17, 15) is 9.59 Å². The monoisotopic (exact) mass is 442 g/mol. The van der Waals surface area contributed by atoms with Gasteiger partial charge in [0.25, 0.3) is 0 Å². The maximum Gasteiger partial charge on any atom is 0.228 e. The lowest BCUT2D eigenvalue weighted by atomic mass is 9.96. The number of nitrogens with two attached hydrogens (primary N) is 1. The summed E-state index contributed by atoms with van der Waals surface area (Å²) in [5.74, 6) is 0.946. The van der Waals surface area contributed by atoms with Crippen LogP contribution >= 0.6 is 24.8 Å². The molecule has 0 aliphatic carbocycles. The second-order valence-corrected chi connectivity index (χ2v) is 6.82. The summed E-state index contributed by atoms with van der Waals surface area (Å²) in [4.78, 5) is 31.2. The van der Waals surface area contributed by atoms with Crippen molar-refractivity contribution in [2.45, 2.75) is 26.2 Å². The number of aromatic nitrogens is 1. The van der Waals surface area contributed by atoms with E-state index in [4.69, 9.17) is 10.2 Å². The fourth-order valence-corrected chi connectivity index (χ4v) is 3.31. The molecule has 1 aromatic heterocycles. The number of oxazole rings is 1. The van der Waals surface area contributed by atoms with Crippen molar-refractivity contribution in [2.24, 2.45) is 11.7 Å². The minimum Gasteiger partial charge on any atom is -0.441 e. The molecule has 1 fully saturated rings. The summed E-state index contributed by atoms with van der Waals surface area (Å²) in [5.41, 5.74) is 6.96. The number of rotatable bonds is 6. The zero-order valence-corrected chi connectivity index (χ0v) is 18.1. The maximum absolute atomic E-state index is 12.7. The smallest absolute Gasteiger partial charge is 0.228 e. The average Bonchev–Trinajstić information content (AvgIpc) is 3.07. The molecule has 7 nitrogen and oxygen atoms in total. The van der Waals surface area contributed by atoms with E-state index in [1.807, 2.05) is 37.3 Å². The molecule has 0 saturated carbocycles. The van der Waals surface area contributed by atoms with Gasteiger partial charge in [0.2, 0.25) is 17.7 Å². The topological polar surface area (TPSA) is 101 Å². The molecule has 0 bridgehead atoms. The molecule has 29 heavy (non-hydrogen) atoms. The van der Waals surface area contributed by atoms with Crippen molar-refractivity contribution in [1.82, 2.24) is 15.2 Å². The van der Waals surface area contributed by atoms with E-state index in [-0.39, 0.29) is 49.0 Å². The molecule has 1 saturated heterocycles. The van der Waals surface area contributed by atoms with Crippen LogP contribution < -0.4 is 11.1 Å². The minimum atomic E-state index is -0.174. The predicted molar refractivity (Wildman–Crippen MR) is 116 cm³/mol. The first-order valence-corrected chi connectivity index (χ1v) is 9.35. The molecule has 2 amide bonds.